The molecule has 3 amide bonds. The summed E-state index contributed by atoms with van der Waals surface area (Å²) in [5.74, 6) is 0.336. The quantitative estimate of drug-likeness (QED) is 0.271. The summed E-state index contributed by atoms with van der Waals surface area (Å²) >= 11 is 0. The van der Waals surface area contributed by atoms with Crippen LogP contribution < -0.4 is 29.6 Å². The number of nitrogens with one attached hydrogen (secondary N) is 3. The summed E-state index contributed by atoms with van der Waals surface area (Å²) in [6, 6.07) is 23.2. The van der Waals surface area contributed by atoms with Crippen molar-refractivity contribution < 1.29 is 37.0 Å². The standard InChI is InChI=1S/C38H40N4O8S/c1-4-16-40-51(46,47)30-13-11-26(12-14-30)38(45)42-21-32-35(22-42)50-33-15-9-25(17-34(33)48-3)20-39-36(43)23-49-29-7-5-6-27(18-29)31-19-28(37(44)41-32)10-8-24(31)2/h5-15,17-19,32,35,40H,4,16,20-23H2,1-3H3,(H,39,43)(H,41,44)/t32-,35-/m0/s1. The van der Waals surface area contributed by atoms with E-state index < -0.39 is 22.2 Å². The molecule has 1 saturated heterocycles. The second-order valence-electron chi connectivity index (χ2n) is 12.5. The number of carbonyl (C=O) groups is 3. The molecule has 266 valence electrons. The Morgan fingerprint density at radius 2 is 1.78 bits per heavy atom. The molecular formula is C38H40N4O8S. The number of benzene rings is 4. The van der Waals surface area contributed by atoms with Gasteiger partial charge in [-0.3, -0.25) is 14.4 Å². The van der Waals surface area contributed by atoms with Crippen LogP contribution in [0.2, 0.25) is 0 Å². The maximum atomic E-state index is 13.8. The summed E-state index contributed by atoms with van der Waals surface area (Å²) < 4.78 is 45.6. The lowest BCUT2D eigenvalue weighted by Crippen LogP contribution is -2.45. The third-order valence-electron chi connectivity index (χ3n) is 8.83. The minimum atomic E-state index is -3.70. The van der Waals surface area contributed by atoms with Crippen molar-refractivity contribution in [3.8, 4) is 28.4 Å². The van der Waals surface area contributed by atoms with Crippen LogP contribution in [0.1, 0.15) is 45.2 Å². The van der Waals surface area contributed by atoms with Crippen molar-refractivity contribution in [3.05, 3.63) is 107 Å². The number of nitrogens with zero attached hydrogens (tertiary/aromatic N) is 1. The van der Waals surface area contributed by atoms with Crippen LogP contribution in [0.5, 0.6) is 17.2 Å². The number of hydrogen-bond acceptors (Lipinski definition) is 8. The van der Waals surface area contributed by atoms with Gasteiger partial charge in [-0.15, -0.1) is 0 Å². The predicted molar refractivity (Wildman–Crippen MR) is 190 cm³/mol. The molecule has 0 spiro atoms. The van der Waals surface area contributed by atoms with Gasteiger partial charge in [-0.2, -0.15) is 0 Å². The topological polar surface area (TPSA) is 152 Å². The predicted octanol–water partition coefficient (Wildman–Crippen LogP) is 4.07. The van der Waals surface area contributed by atoms with Crippen LogP contribution in [-0.4, -0.2) is 76.5 Å². The Bertz CT molecular complexity index is 2050. The van der Waals surface area contributed by atoms with Crippen LogP contribution in [0.3, 0.4) is 0 Å². The zero-order valence-electron chi connectivity index (χ0n) is 28.6. The van der Waals surface area contributed by atoms with Gasteiger partial charge < -0.3 is 29.7 Å². The average molecular weight is 713 g/mol. The Kier molecular flexibility index (Phi) is 10.6. The lowest BCUT2D eigenvalue weighted by molar-refractivity contribution is -0.123. The Balaban J connectivity index is 1.32. The summed E-state index contributed by atoms with van der Waals surface area (Å²) in [5, 5.41) is 5.96. The highest BCUT2D eigenvalue weighted by molar-refractivity contribution is 7.89. The van der Waals surface area contributed by atoms with Gasteiger partial charge in [-0.1, -0.05) is 31.2 Å². The molecule has 2 atom stereocenters. The van der Waals surface area contributed by atoms with Crippen molar-refractivity contribution in [1.82, 2.24) is 20.3 Å². The first-order chi connectivity index (χ1) is 24.5. The summed E-state index contributed by atoms with van der Waals surface area (Å²) in [6.45, 7) is 4.44. The number of amides is 3. The molecule has 4 aromatic carbocycles. The molecule has 0 radical (unpaired) electrons. The van der Waals surface area contributed by atoms with Crippen molar-refractivity contribution >= 4 is 27.7 Å². The van der Waals surface area contributed by atoms with Gasteiger partial charge in [0.25, 0.3) is 17.7 Å². The first-order valence-corrected chi connectivity index (χ1v) is 18.2. The fourth-order valence-electron chi connectivity index (χ4n) is 6.04. The summed E-state index contributed by atoms with van der Waals surface area (Å²) in [5.41, 5.74) is 4.06. The van der Waals surface area contributed by atoms with E-state index in [4.69, 9.17) is 14.2 Å². The van der Waals surface area contributed by atoms with Crippen molar-refractivity contribution in [2.75, 3.05) is 33.4 Å². The number of hydrogen-bond donors (Lipinski definition) is 3. The SMILES string of the molecule is CCCNS(=O)(=O)c1ccc(C(=O)N2C[C@@H]3NC(=O)c4ccc(C)c(c4)-c4cccc(c4)OCC(=O)NCc4ccc(c(OC)c4)O[C@H]3C2)cc1. The first kappa shape index (κ1) is 35.4. The third kappa shape index (κ3) is 8.16. The highest BCUT2D eigenvalue weighted by Crippen LogP contribution is 2.32. The molecule has 3 aliphatic rings. The summed E-state index contributed by atoms with van der Waals surface area (Å²) in [4.78, 5) is 41.9. The largest absolute Gasteiger partial charge is 0.493 e. The number of methoxy groups -OCH3 is 1. The van der Waals surface area contributed by atoms with Crippen LogP contribution in [0, 0.1) is 6.92 Å². The molecule has 3 N–H and O–H groups in total. The number of fused-ring (bicyclic) bond motifs is 7. The van der Waals surface area contributed by atoms with Gasteiger partial charge in [0.1, 0.15) is 11.9 Å². The van der Waals surface area contributed by atoms with Crippen LogP contribution in [0.4, 0.5) is 0 Å². The molecule has 51 heavy (non-hydrogen) atoms. The molecule has 0 aromatic heterocycles. The zero-order valence-corrected chi connectivity index (χ0v) is 29.4. The fourth-order valence-corrected chi connectivity index (χ4v) is 7.17. The summed E-state index contributed by atoms with van der Waals surface area (Å²) in [7, 11) is -2.19. The zero-order chi connectivity index (χ0) is 36.1. The normalized spacial score (nSPS) is 17.7. The van der Waals surface area contributed by atoms with Crippen molar-refractivity contribution in [3.63, 3.8) is 0 Å². The van der Waals surface area contributed by atoms with E-state index in [2.05, 4.69) is 15.4 Å². The Hall–Kier alpha value is -5.40. The Morgan fingerprint density at radius 1 is 0.980 bits per heavy atom. The number of rotatable bonds is 6. The number of aryl methyl sites for hydroxylation is 1. The molecule has 12 nitrogen and oxygen atoms in total. The fraction of sp³-hybridized carbons (Fsp3) is 0.289. The maximum absolute atomic E-state index is 13.8. The molecule has 6 bridgehead atoms. The lowest BCUT2D eigenvalue weighted by Gasteiger charge is -2.23. The van der Waals surface area contributed by atoms with E-state index in [9.17, 15) is 22.8 Å². The van der Waals surface area contributed by atoms with Crippen molar-refractivity contribution in [2.45, 2.75) is 43.9 Å². The molecule has 3 aliphatic heterocycles. The molecule has 3 heterocycles. The molecular weight excluding hydrogens is 673 g/mol. The van der Waals surface area contributed by atoms with E-state index >= 15 is 0 Å². The van der Waals surface area contributed by atoms with Gasteiger partial charge in [-0.25, -0.2) is 13.1 Å². The van der Waals surface area contributed by atoms with Gasteiger partial charge >= 0.3 is 0 Å². The number of sulfonamides is 1. The van der Waals surface area contributed by atoms with Gasteiger partial charge in [0.05, 0.1) is 24.6 Å². The van der Waals surface area contributed by atoms with E-state index in [0.29, 0.717) is 41.3 Å². The molecule has 7 rings (SSSR count). The van der Waals surface area contributed by atoms with Crippen LogP contribution in [0.15, 0.2) is 89.8 Å². The van der Waals surface area contributed by atoms with E-state index in [-0.39, 0.29) is 48.9 Å². The van der Waals surface area contributed by atoms with Gasteiger partial charge in [-0.05, 0) is 96.3 Å². The van der Waals surface area contributed by atoms with E-state index in [1.165, 1.54) is 31.4 Å². The minimum absolute atomic E-state index is 0.0636. The molecule has 0 aliphatic carbocycles. The Labute approximate surface area is 297 Å². The second kappa shape index (κ2) is 15.2. The molecule has 1 fully saturated rings. The first-order valence-electron chi connectivity index (χ1n) is 16.7. The highest BCUT2D eigenvalue weighted by Gasteiger charge is 2.39. The maximum Gasteiger partial charge on any atom is 0.258 e. The molecule has 13 heteroatoms. The highest BCUT2D eigenvalue weighted by atomic mass is 32.2. The second-order valence-corrected chi connectivity index (χ2v) is 14.2. The number of ether oxygens (including phenoxy) is 3. The third-order valence-corrected chi connectivity index (χ3v) is 10.3. The molecule has 4 aromatic rings. The van der Waals surface area contributed by atoms with Crippen LogP contribution >= 0.6 is 0 Å². The number of likely N-dealkylation sites (tertiary alicyclic amines) is 1. The molecule has 0 unspecified atom stereocenters. The van der Waals surface area contributed by atoms with Crippen molar-refractivity contribution in [1.29, 1.82) is 0 Å². The lowest BCUT2D eigenvalue weighted by atomic mass is 9.97. The van der Waals surface area contributed by atoms with Gasteiger partial charge in [0, 0.05) is 30.8 Å². The van der Waals surface area contributed by atoms with Gasteiger partial charge in [0.2, 0.25) is 10.0 Å². The summed E-state index contributed by atoms with van der Waals surface area (Å²) in [6.07, 6.45) is -0.0199. The van der Waals surface area contributed by atoms with Crippen LogP contribution in [-0.2, 0) is 21.4 Å². The van der Waals surface area contributed by atoms with Crippen LogP contribution in [0.25, 0.3) is 11.1 Å². The monoisotopic (exact) mass is 712 g/mol. The van der Waals surface area contributed by atoms with E-state index in [1.807, 2.05) is 38.1 Å². The smallest absolute Gasteiger partial charge is 0.258 e. The average Bonchev–Trinajstić information content (AvgIpc) is 3.53. The van der Waals surface area contributed by atoms with E-state index in [0.717, 1.165) is 22.3 Å². The molecule has 0 saturated carbocycles. The number of carbonyl (C=O) groups excluding carboxylic acids is 3. The Morgan fingerprint density at radius 3 is 2.55 bits per heavy atom. The van der Waals surface area contributed by atoms with E-state index in [1.54, 1.807) is 41.3 Å². The van der Waals surface area contributed by atoms with Gasteiger partial charge in [0.15, 0.2) is 18.1 Å². The van der Waals surface area contributed by atoms with Crippen molar-refractivity contribution in [2.24, 2.45) is 0 Å². The minimum Gasteiger partial charge on any atom is -0.493 e.